The van der Waals surface area contributed by atoms with Crippen LogP contribution in [-0.2, 0) is 0 Å². The molecular formula is C9H11N5O. The van der Waals surface area contributed by atoms with Gasteiger partial charge < -0.3 is 5.73 Å². The lowest BCUT2D eigenvalue weighted by molar-refractivity contribution is 0.770. The van der Waals surface area contributed by atoms with Crippen molar-refractivity contribution < 1.29 is 0 Å². The number of hydrogen-bond acceptors (Lipinski definition) is 4. The number of rotatable bonds is 1. The molecule has 6 nitrogen and oxygen atoms in total. The summed E-state index contributed by atoms with van der Waals surface area (Å²) < 4.78 is 1.55. The normalized spacial score (nSPS) is 10.5. The average molecular weight is 205 g/mol. The van der Waals surface area contributed by atoms with Crippen LogP contribution in [0.3, 0.4) is 0 Å². The van der Waals surface area contributed by atoms with E-state index < -0.39 is 0 Å². The highest BCUT2D eigenvalue weighted by Crippen LogP contribution is 2.06. The van der Waals surface area contributed by atoms with Gasteiger partial charge in [0.1, 0.15) is 5.82 Å². The maximum Gasteiger partial charge on any atom is 0.254 e. The van der Waals surface area contributed by atoms with Gasteiger partial charge in [0, 0.05) is 11.8 Å². The van der Waals surface area contributed by atoms with Gasteiger partial charge in [-0.25, -0.2) is 4.68 Å². The van der Waals surface area contributed by atoms with Crippen LogP contribution in [0.5, 0.6) is 0 Å². The predicted molar refractivity (Wildman–Crippen MR) is 55.9 cm³/mol. The molecule has 0 radical (unpaired) electrons. The van der Waals surface area contributed by atoms with Gasteiger partial charge in [0.15, 0.2) is 0 Å². The molecule has 3 N–H and O–H groups in total. The molecule has 2 heterocycles. The fourth-order valence-electron chi connectivity index (χ4n) is 1.41. The molecule has 15 heavy (non-hydrogen) atoms. The Morgan fingerprint density at radius 3 is 2.67 bits per heavy atom. The lowest BCUT2D eigenvalue weighted by Crippen LogP contribution is -2.15. The van der Waals surface area contributed by atoms with Crippen LogP contribution in [-0.4, -0.2) is 19.7 Å². The Balaban J connectivity index is 2.63. The molecule has 0 saturated carbocycles. The summed E-state index contributed by atoms with van der Waals surface area (Å²) in [5.74, 6) is 0.520. The second-order valence-electron chi connectivity index (χ2n) is 3.33. The molecule has 0 aliphatic carbocycles. The van der Waals surface area contributed by atoms with Gasteiger partial charge in [0.2, 0.25) is 5.95 Å². The zero-order valence-corrected chi connectivity index (χ0v) is 8.48. The van der Waals surface area contributed by atoms with Crippen molar-refractivity contribution in [2.45, 2.75) is 13.8 Å². The van der Waals surface area contributed by atoms with Crippen LogP contribution in [0.2, 0.25) is 0 Å². The van der Waals surface area contributed by atoms with Crippen LogP contribution in [0.1, 0.15) is 11.4 Å². The van der Waals surface area contributed by atoms with Crippen molar-refractivity contribution in [3.8, 4) is 5.95 Å². The standard InChI is InChI=1S/C9H11N5O/c1-5-3-6(2)14(13-5)9-11-7(10)4-8(15)12-9/h3-4H,1-2H3,(H3,10,11,12,15). The molecule has 2 aromatic heterocycles. The molecule has 2 rings (SSSR count). The van der Waals surface area contributed by atoms with Crippen molar-refractivity contribution >= 4 is 5.82 Å². The molecule has 78 valence electrons. The van der Waals surface area contributed by atoms with Crippen molar-refractivity contribution in [3.05, 3.63) is 33.9 Å². The van der Waals surface area contributed by atoms with Gasteiger partial charge in [-0.2, -0.15) is 10.1 Å². The zero-order chi connectivity index (χ0) is 11.0. The third-order valence-electron chi connectivity index (χ3n) is 1.96. The average Bonchev–Trinajstić information content (AvgIpc) is 2.43. The molecule has 0 aliphatic rings. The smallest absolute Gasteiger partial charge is 0.254 e. The summed E-state index contributed by atoms with van der Waals surface area (Å²) in [5.41, 5.74) is 6.94. The molecule has 0 aromatic carbocycles. The van der Waals surface area contributed by atoms with E-state index in [0.717, 1.165) is 11.4 Å². The Morgan fingerprint density at radius 1 is 1.40 bits per heavy atom. The first-order valence-corrected chi connectivity index (χ1v) is 4.47. The van der Waals surface area contributed by atoms with Gasteiger partial charge in [-0.1, -0.05) is 0 Å². The molecule has 0 fully saturated rings. The summed E-state index contributed by atoms with van der Waals surface area (Å²) in [6.07, 6.45) is 0. The van der Waals surface area contributed by atoms with Crippen molar-refractivity contribution in [3.63, 3.8) is 0 Å². The monoisotopic (exact) mass is 205 g/mol. The van der Waals surface area contributed by atoms with E-state index in [1.54, 1.807) is 4.68 Å². The summed E-state index contributed by atoms with van der Waals surface area (Å²) in [5, 5.41) is 4.19. The van der Waals surface area contributed by atoms with Crippen LogP contribution >= 0.6 is 0 Å². The highest BCUT2D eigenvalue weighted by atomic mass is 16.1. The van der Waals surface area contributed by atoms with E-state index in [-0.39, 0.29) is 11.4 Å². The fraction of sp³-hybridized carbons (Fsp3) is 0.222. The first-order valence-electron chi connectivity index (χ1n) is 4.47. The minimum Gasteiger partial charge on any atom is -0.383 e. The van der Waals surface area contributed by atoms with Gasteiger partial charge in [-0.05, 0) is 19.9 Å². The molecular weight excluding hydrogens is 194 g/mol. The van der Waals surface area contributed by atoms with E-state index in [0.29, 0.717) is 5.95 Å². The second-order valence-corrected chi connectivity index (χ2v) is 3.33. The van der Waals surface area contributed by atoms with Crippen molar-refractivity contribution in [1.82, 2.24) is 19.7 Å². The Morgan fingerprint density at radius 2 is 2.13 bits per heavy atom. The van der Waals surface area contributed by atoms with Gasteiger partial charge >= 0.3 is 0 Å². The number of nitrogens with one attached hydrogen (secondary N) is 1. The van der Waals surface area contributed by atoms with Gasteiger partial charge in [-0.15, -0.1) is 0 Å². The number of nitrogen functional groups attached to an aromatic ring is 1. The van der Waals surface area contributed by atoms with E-state index in [1.807, 2.05) is 19.9 Å². The molecule has 0 aliphatic heterocycles. The van der Waals surface area contributed by atoms with Crippen LogP contribution in [0.15, 0.2) is 16.9 Å². The summed E-state index contributed by atoms with van der Waals surface area (Å²) in [4.78, 5) is 17.8. The van der Waals surface area contributed by atoms with Crippen molar-refractivity contribution in [2.24, 2.45) is 0 Å². The fourth-order valence-corrected chi connectivity index (χ4v) is 1.41. The number of nitrogens with two attached hydrogens (primary N) is 1. The van der Waals surface area contributed by atoms with E-state index in [9.17, 15) is 4.79 Å². The maximum absolute atomic E-state index is 11.2. The Hall–Kier alpha value is -2.11. The number of H-pyrrole nitrogens is 1. The number of aryl methyl sites for hydroxylation is 2. The number of aromatic amines is 1. The highest BCUT2D eigenvalue weighted by molar-refractivity contribution is 5.30. The number of hydrogen-bond donors (Lipinski definition) is 2. The van der Waals surface area contributed by atoms with Gasteiger partial charge in [0.05, 0.1) is 5.69 Å². The number of aromatic nitrogens is 4. The quantitative estimate of drug-likeness (QED) is 0.693. The topological polar surface area (TPSA) is 89.6 Å². The SMILES string of the molecule is Cc1cc(C)n(-c2nc(N)cc(=O)[nH]2)n1. The summed E-state index contributed by atoms with van der Waals surface area (Å²) >= 11 is 0. The zero-order valence-electron chi connectivity index (χ0n) is 8.48. The number of anilines is 1. The predicted octanol–water partition coefficient (Wildman–Crippen LogP) is 0.155. The van der Waals surface area contributed by atoms with Crippen LogP contribution in [0.4, 0.5) is 5.82 Å². The Kier molecular flexibility index (Phi) is 2.03. The van der Waals surface area contributed by atoms with Crippen LogP contribution in [0.25, 0.3) is 5.95 Å². The summed E-state index contributed by atoms with van der Waals surface area (Å²) in [6, 6.07) is 3.12. The first-order chi connectivity index (χ1) is 7.06. The minimum absolute atomic E-state index is 0.182. The van der Waals surface area contributed by atoms with E-state index >= 15 is 0 Å². The summed E-state index contributed by atoms with van der Waals surface area (Å²) in [7, 11) is 0. The largest absolute Gasteiger partial charge is 0.383 e. The number of nitrogens with zero attached hydrogens (tertiary/aromatic N) is 3. The van der Waals surface area contributed by atoms with Gasteiger partial charge in [-0.3, -0.25) is 9.78 Å². The third-order valence-corrected chi connectivity index (χ3v) is 1.96. The highest BCUT2D eigenvalue weighted by Gasteiger charge is 2.06. The van der Waals surface area contributed by atoms with E-state index in [4.69, 9.17) is 5.73 Å². The molecule has 0 saturated heterocycles. The summed E-state index contributed by atoms with van der Waals surface area (Å²) in [6.45, 7) is 3.75. The van der Waals surface area contributed by atoms with E-state index in [1.165, 1.54) is 6.07 Å². The maximum atomic E-state index is 11.2. The molecule has 2 aromatic rings. The lowest BCUT2D eigenvalue weighted by Gasteiger charge is -2.02. The molecule has 0 atom stereocenters. The van der Waals surface area contributed by atoms with Crippen molar-refractivity contribution in [2.75, 3.05) is 5.73 Å². The molecule has 0 amide bonds. The molecule has 0 spiro atoms. The Labute approximate surface area is 85.8 Å². The second kappa shape index (κ2) is 3.23. The molecule has 0 bridgehead atoms. The van der Waals surface area contributed by atoms with Crippen LogP contribution < -0.4 is 11.3 Å². The van der Waals surface area contributed by atoms with E-state index in [2.05, 4.69) is 15.1 Å². The molecule has 0 unspecified atom stereocenters. The Bertz CT molecular complexity index is 554. The first kappa shape index (κ1) is 9.45. The minimum atomic E-state index is -0.287. The van der Waals surface area contributed by atoms with Crippen molar-refractivity contribution in [1.29, 1.82) is 0 Å². The lowest BCUT2D eigenvalue weighted by atomic mass is 10.4. The van der Waals surface area contributed by atoms with Crippen LogP contribution in [0, 0.1) is 13.8 Å². The third kappa shape index (κ3) is 1.74. The van der Waals surface area contributed by atoms with Gasteiger partial charge in [0.25, 0.3) is 5.56 Å². The molecule has 6 heteroatoms.